The molecule has 0 spiro atoms. The lowest BCUT2D eigenvalue weighted by atomic mass is 10.2. The summed E-state index contributed by atoms with van der Waals surface area (Å²) in [5.41, 5.74) is 0. The molecule has 4 heteroatoms. The van der Waals surface area contributed by atoms with Crippen LogP contribution in [0.4, 0.5) is 0 Å². The number of aromatic nitrogens is 2. The highest BCUT2D eigenvalue weighted by Crippen LogP contribution is 2.18. The first-order chi connectivity index (χ1) is 7.34. The average molecular weight is 228 g/mol. The predicted octanol–water partition coefficient (Wildman–Crippen LogP) is 2.46. The minimum absolute atomic E-state index is 0.727. The Morgan fingerprint density at radius 3 is 2.93 bits per heavy atom. The molecule has 2 rings (SSSR count). The summed E-state index contributed by atoms with van der Waals surface area (Å²) in [6.45, 7) is 2.15. The standard InChI is InChI=1S/C11H18ClN3/c12-10-8-14-15(9-10)7-3-1-2-6-13-11-4-5-11/h8-9,11,13H,1-7H2. The Morgan fingerprint density at radius 2 is 2.27 bits per heavy atom. The Kier molecular flexibility index (Phi) is 4.03. The van der Waals surface area contributed by atoms with Gasteiger partial charge >= 0.3 is 0 Å². The van der Waals surface area contributed by atoms with Crippen molar-refractivity contribution in [2.75, 3.05) is 6.54 Å². The summed E-state index contributed by atoms with van der Waals surface area (Å²) in [7, 11) is 0. The lowest BCUT2D eigenvalue weighted by Gasteiger charge is -2.03. The molecular weight excluding hydrogens is 210 g/mol. The van der Waals surface area contributed by atoms with E-state index in [9.17, 15) is 0 Å². The van der Waals surface area contributed by atoms with Crippen LogP contribution >= 0.6 is 11.6 Å². The largest absolute Gasteiger partial charge is 0.314 e. The normalized spacial score (nSPS) is 15.8. The van der Waals surface area contributed by atoms with E-state index in [1.807, 2.05) is 10.9 Å². The summed E-state index contributed by atoms with van der Waals surface area (Å²) in [5, 5.41) is 8.38. The van der Waals surface area contributed by atoms with Gasteiger partial charge in [-0.2, -0.15) is 5.10 Å². The van der Waals surface area contributed by atoms with Crippen LogP contribution in [0.15, 0.2) is 12.4 Å². The molecule has 1 heterocycles. The van der Waals surface area contributed by atoms with Crippen molar-refractivity contribution in [1.29, 1.82) is 0 Å². The number of rotatable bonds is 7. The molecule has 0 atom stereocenters. The summed E-state index contributed by atoms with van der Waals surface area (Å²) >= 11 is 5.77. The van der Waals surface area contributed by atoms with Crippen molar-refractivity contribution in [3.63, 3.8) is 0 Å². The van der Waals surface area contributed by atoms with Crippen molar-refractivity contribution < 1.29 is 0 Å². The van der Waals surface area contributed by atoms with Gasteiger partial charge in [-0.15, -0.1) is 0 Å². The van der Waals surface area contributed by atoms with E-state index in [1.165, 1.54) is 38.6 Å². The number of unbranched alkanes of at least 4 members (excludes halogenated alkanes) is 2. The van der Waals surface area contributed by atoms with Crippen molar-refractivity contribution in [1.82, 2.24) is 15.1 Å². The summed E-state index contributed by atoms with van der Waals surface area (Å²) < 4.78 is 1.91. The molecule has 1 aromatic rings. The zero-order chi connectivity index (χ0) is 10.5. The minimum atomic E-state index is 0.727. The molecule has 1 N–H and O–H groups in total. The fraction of sp³-hybridized carbons (Fsp3) is 0.727. The molecule has 0 amide bonds. The van der Waals surface area contributed by atoms with Gasteiger partial charge in [0.2, 0.25) is 0 Å². The Balaban J connectivity index is 1.47. The highest BCUT2D eigenvalue weighted by Gasteiger charge is 2.19. The number of nitrogens with zero attached hydrogens (tertiary/aromatic N) is 2. The maximum Gasteiger partial charge on any atom is 0.0785 e. The van der Waals surface area contributed by atoms with Crippen LogP contribution in [-0.2, 0) is 6.54 Å². The number of hydrogen-bond donors (Lipinski definition) is 1. The third-order valence-electron chi connectivity index (χ3n) is 2.68. The molecule has 0 aromatic carbocycles. The van der Waals surface area contributed by atoms with Gasteiger partial charge in [0, 0.05) is 18.8 Å². The van der Waals surface area contributed by atoms with E-state index in [4.69, 9.17) is 11.6 Å². The fourth-order valence-corrected chi connectivity index (χ4v) is 1.79. The maximum absolute atomic E-state index is 5.77. The predicted molar refractivity (Wildman–Crippen MR) is 62.1 cm³/mol. The zero-order valence-corrected chi connectivity index (χ0v) is 9.71. The summed E-state index contributed by atoms with van der Waals surface area (Å²) in [4.78, 5) is 0. The monoisotopic (exact) mass is 227 g/mol. The number of aryl methyl sites for hydroxylation is 1. The van der Waals surface area contributed by atoms with E-state index in [-0.39, 0.29) is 0 Å². The zero-order valence-electron chi connectivity index (χ0n) is 8.95. The third kappa shape index (κ3) is 4.22. The molecule has 84 valence electrons. The second-order valence-corrected chi connectivity index (χ2v) is 4.65. The van der Waals surface area contributed by atoms with Crippen LogP contribution in [0.3, 0.4) is 0 Å². The van der Waals surface area contributed by atoms with Crippen LogP contribution in [-0.4, -0.2) is 22.4 Å². The second kappa shape index (κ2) is 5.52. The number of nitrogens with one attached hydrogen (secondary N) is 1. The van der Waals surface area contributed by atoms with E-state index in [2.05, 4.69) is 10.4 Å². The van der Waals surface area contributed by atoms with E-state index in [1.54, 1.807) is 6.20 Å². The van der Waals surface area contributed by atoms with Gasteiger partial charge in [-0.1, -0.05) is 18.0 Å². The van der Waals surface area contributed by atoms with Crippen LogP contribution < -0.4 is 5.32 Å². The Bertz CT molecular complexity index is 294. The lowest BCUT2D eigenvalue weighted by molar-refractivity contribution is 0.528. The molecule has 3 nitrogen and oxygen atoms in total. The highest BCUT2D eigenvalue weighted by atomic mass is 35.5. The molecular formula is C11H18ClN3. The van der Waals surface area contributed by atoms with Crippen molar-refractivity contribution in [2.24, 2.45) is 0 Å². The number of halogens is 1. The fourth-order valence-electron chi connectivity index (χ4n) is 1.63. The Hall–Kier alpha value is -0.540. The van der Waals surface area contributed by atoms with Crippen LogP contribution in [0, 0.1) is 0 Å². The summed E-state index contributed by atoms with van der Waals surface area (Å²) in [6.07, 6.45) is 10.0. The second-order valence-electron chi connectivity index (χ2n) is 4.21. The molecule has 0 aliphatic heterocycles. The van der Waals surface area contributed by atoms with Crippen molar-refractivity contribution in [3.8, 4) is 0 Å². The average Bonchev–Trinajstić information content (AvgIpc) is 2.95. The summed E-state index contributed by atoms with van der Waals surface area (Å²) in [6, 6.07) is 0.843. The molecule has 0 bridgehead atoms. The lowest BCUT2D eigenvalue weighted by Crippen LogP contribution is -2.17. The first-order valence-electron chi connectivity index (χ1n) is 5.76. The smallest absolute Gasteiger partial charge is 0.0785 e. The van der Waals surface area contributed by atoms with Gasteiger partial charge < -0.3 is 5.32 Å². The van der Waals surface area contributed by atoms with E-state index in [0.717, 1.165) is 17.6 Å². The number of hydrogen-bond acceptors (Lipinski definition) is 2. The molecule has 1 aromatic heterocycles. The molecule has 1 fully saturated rings. The first kappa shape index (κ1) is 11.0. The molecule has 15 heavy (non-hydrogen) atoms. The third-order valence-corrected chi connectivity index (χ3v) is 2.87. The Labute approximate surface area is 95.8 Å². The van der Waals surface area contributed by atoms with Crippen molar-refractivity contribution >= 4 is 11.6 Å². The van der Waals surface area contributed by atoms with Gasteiger partial charge in [0.15, 0.2) is 0 Å². The minimum Gasteiger partial charge on any atom is -0.314 e. The van der Waals surface area contributed by atoms with Gasteiger partial charge in [0.05, 0.1) is 11.2 Å². The van der Waals surface area contributed by atoms with Crippen molar-refractivity contribution in [2.45, 2.75) is 44.7 Å². The first-order valence-corrected chi connectivity index (χ1v) is 6.14. The highest BCUT2D eigenvalue weighted by molar-refractivity contribution is 6.30. The van der Waals surface area contributed by atoms with E-state index < -0.39 is 0 Å². The topological polar surface area (TPSA) is 29.9 Å². The van der Waals surface area contributed by atoms with Gasteiger partial charge in [0.1, 0.15) is 0 Å². The van der Waals surface area contributed by atoms with E-state index >= 15 is 0 Å². The van der Waals surface area contributed by atoms with Gasteiger partial charge in [-0.3, -0.25) is 4.68 Å². The molecule has 1 aliphatic carbocycles. The van der Waals surface area contributed by atoms with Crippen LogP contribution in [0.1, 0.15) is 32.1 Å². The molecule has 0 saturated heterocycles. The molecule has 0 unspecified atom stereocenters. The van der Waals surface area contributed by atoms with Gasteiger partial charge in [-0.05, 0) is 32.2 Å². The quantitative estimate of drug-likeness (QED) is 0.726. The van der Waals surface area contributed by atoms with Crippen LogP contribution in [0.25, 0.3) is 0 Å². The molecule has 0 radical (unpaired) electrons. The Morgan fingerprint density at radius 1 is 1.40 bits per heavy atom. The van der Waals surface area contributed by atoms with Gasteiger partial charge in [-0.25, -0.2) is 0 Å². The maximum atomic E-state index is 5.77. The van der Waals surface area contributed by atoms with Crippen LogP contribution in [0.2, 0.25) is 5.02 Å². The molecule has 1 saturated carbocycles. The van der Waals surface area contributed by atoms with Crippen LogP contribution in [0.5, 0.6) is 0 Å². The SMILES string of the molecule is Clc1cnn(CCCCCNC2CC2)c1. The van der Waals surface area contributed by atoms with Crippen molar-refractivity contribution in [3.05, 3.63) is 17.4 Å². The van der Waals surface area contributed by atoms with Gasteiger partial charge in [0.25, 0.3) is 0 Å². The van der Waals surface area contributed by atoms with E-state index in [0.29, 0.717) is 0 Å². The summed E-state index contributed by atoms with van der Waals surface area (Å²) in [5.74, 6) is 0. The molecule has 1 aliphatic rings.